The van der Waals surface area contributed by atoms with Gasteiger partial charge in [-0.3, -0.25) is 9.59 Å². The fourth-order valence-corrected chi connectivity index (χ4v) is 5.72. The van der Waals surface area contributed by atoms with E-state index < -0.39 is 21.8 Å². The molecule has 9 nitrogen and oxygen atoms in total. The Morgan fingerprint density at radius 3 is 2.50 bits per heavy atom. The van der Waals surface area contributed by atoms with Gasteiger partial charge >= 0.3 is 0 Å². The van der Waals surface area contributed by atoms with E-state index in [2.05, 4.69) is 15.2 Å². The van der Waals surface area contributed by atoms with Crippen LogP contribution in [0.25, 0.3) is 0 Å². The largest absolute Gasteiger partial charge is 0.356 e. The molecule has 3 heterocycles. The Morgan fingerprint density at radius 1 is 1.09 bits per heavy atom. The summed E-state index contributed by atoms with van der Waals surface area (Å²) in [5.74, 6) is -0.602. The van der Waals surface area contributed by atoms with E-state index in [1.54, 1.807) is 6.20 Å². The number of carbonyl (C=O) groups excluding carboxylic acids is 2. The lowest BCUT2D eigenvalue weighted by atomic mass is 10.1. The minimum absolute atomic E-state index is 0.0534. The molecule has 1 aromatic heterocycles. The Balaban J connectivity index is 1.19. The highest BCUT2D eigenvalue weighted by molar-refractivity contribution is 7.89. The van der Waals surface area contributed by atoms with Gasteiger partial charge in [0.05, 0.1) is 11.7 Å². The van der Waals surface area contributed by atoms with E-state index >= 15 is 0 Å². The highest BCUT2D eigenvalue weighted by Crippen LogP contribution is 2.25. The lowest BCUT2D eigenvalue weighted by Gasteiger charge is -2.34. The molecule has 34 heavy (non-hydrogen) atoms. The molecule has 1 atom stereocenters. The summed E-state index contributed by atoms with van der Waals surface area (Å²) >= 11 is 0. The Kier molecular flexibility index (Phi) is 7.42. The van der Waals surface area contributed by atoms with Gasteiger partial charge < -0.3 is 15.1 Å². The summed E-state index contributed by atoms with van der Waals surface area (Å²) in [5, 5.41) is 2.75. The molecule has 0 radical (unpaired) electrons. The fraction of sp³-hybridized carbons (Fsp3) is 0.435. The molecule has 2 amide bonds. The Bertz CT molecular complexity index is 1110. The Labute approximate surface area is 198 Å². The molecule has 2 saturated heterocycles. The minimum Gasteiger partial charge on any atom is -0.356 e. The maximum atomic E-state index is 13.1. The summed E-state index contributed by atoms with van der Waals surface area (Å²) in [4.78, 5) is 32.6. The number of nitrogens with zero attached hydrogens (tertiary/aromatic N) is 4. The van der Waals surface area contributed by atoms with E-state index in [0.29, 0.717) is 31.9 Å². The molecule has 2 aliphatic heterocycles. The average Bonchev–Trinajstić information content (AvgIpc) is 3.24. The van der Waals surface area contributed by atoms with Gasteiger partial charge in [0, 0.05) is 57.6 Å². The van der Waals surface area contributed by atoms with Gasteiger partial charge in [0.1, 0.15) is 11.6 Å². The number of hydrogen-bond acceptors (Lipinski definition) is 6. The van der Waals surface area contributed by atoms with Crippen molar-refractivity contribution in [1.82, 2.24) is 14.6 Å². The third kappa shape index (κ3) is 5.71. The predicted octanol–water partition coefficient (Wildman–Crippen LogP) is 1.23. The number of nitrogens with one attached hydrogen (secondary N) is 1. The van der Waals surface area contributed by atoms with Gasteiger partial charge in [0.15, 0.2) is 0 Å². The highest BCUT2D eigenvalue weighted by atomic mass is 32.2. The molecular weight excluding hydrogens is 461 g/mol. The standard InChI is InChI=1S/C23H28FN5O4S/c24-19-5-7-20(8-6-19)29-17-18(16-22(29)30)23(31)26-10-3-15-34(32,33)28-13-11-27(12-14-28)21-4-1-2-9-25-21/h1-2,4-9,18H,3,10-17H2,(H,26,31). The van der Waals surface area contributed by atoms with Crippen molar-refractivity contribution in [3.05, 3.63) is 54.5 Å². The molecule has 1 N–H and O–H groups in total. The first-order valence-electron chi connectivity index (χ1n) is 11.3. The number of amides is 2. The zero-order valence-electron chi connectivity index (χ0n) is 18.8. The second-order valence-electron chi connectivity index (χ2n) is 8.42. The van der Waals surface area contributed by atoms with Crippen molar-refractivity contribution in [2.45, 2.75) is 12.8 Å². The third-order valence-electron chi connectivity index (χ3n) is 6.12. The quantitative estimate of drug-likeness (QED) is 0.560. The monoisotopic (exact) mass is 489 g/mol. The summed E-state index contributed by atoms with van der Waals surface area (Å²) in [6, 6.07) is 11.2. The van der Waals surface area contributed by atoms with Crippen LogP contribution in [0.2, 0.25) is 0 Å². The van der Waals surface area contributed by atoms with Gasteiger partial charge in [-0.05, 0) is 42.8 Å². The molecule has 0 aliphatic carbocycles. The van der Waals surface area contributed by atoms with Crippen LogP contribution in [0.4, 0.5) is 15.9 Å². The number of rotatable bonds is 8. The van der Waals surface area contributed by atoms with Crippen LogP contribution >= 0.6 is 0 Å². The van der Waals surface area contributed by atoms with Gasteiger partial charge in [-0.2, -0.15) is 4.31 Å². The van der Waals surface area contributed by atoms with E-state index in [1.807, 2.05) is 18.2 Å². The van der Waals surface area contributed by atoms with E-state index in [0.717, 1.165) is 5.82 Å². The number of halogens is 1. The second kappa shape index (κ2) is 10.5. The smallest absolute Gasteiger partial charge is 0.227 e. The highest BCUT2D eigenvalue weighted by Gasteiger charge is 2.35. The van der Waals surface area contributed by atoms with Gasteiger partial charge in [-0.25, -0.2) is 17.8 Å². The molecule has 4 rings (SSSR count). The van der Waals surface area contributed by atoms with E-state index in [4.69, 9.17) is 0 Å². The lowest BCUT2D eigenvalue weighted by molar-refractivity contribution is -0.126. The molecule has 11 heteroatoms. The molecule has 0 bridgehead atoms. The molecule has 1 unspecified atom stereocenters. The molecule has 0 spiro atoms. The van der Waals surface area contributed by atoms with Crippen LogP contribution in [0.3, 0.4) is 0 Å². The van der Waals surface area contributed by atoms with E-state index in [9.17, 15) is 22.4 Å². The van der Waals surface area contributed by atoms with Crippen LogP contribution in [0, 0.1) is 11.7 Å². The summed E-state index contributed by atoms with van der Waals surface area (Å²) in [6.45, 7) is 2.38. The topological polar surface area (TPSA) is 103 Å². The average molecular weight is 490 g/mol. The lowest BCUT2D eigenvalue weighted by Crippen LogP contribution is -2.49. The molecule has 2 aliphatic rings. The molecule has 1 aromatic carbocycles. The van der Waals surface area contributed by atoms with Crippen molar-refractivity contribution in [2.24, 2.45) is 5.92 Å². The van der Waals surface area contributed by atoms with Gasteiger partial charge in [-0.1, -0.05) is 6.07 Å². The molecular formula is C23H28FN5O4S. The van der Waals surface area contributed by atoms with Crippen molar-refractivity contribution < 1.29 is 22.4 Å². The summed E-state index contributed by atoms with van der Waals surface area (Å²) in [5.41, 5.74) is 0.552. The Morgan fingerprint density at radius 2 is 1.82 bits per heavy atom. The maximum absolute atomic E-state index is 13.1. The van der Waals surface area contributed by atoms with Gasteiger partial charge in [0.25, 0.3) is 0 Å². The zero-order chi connectivity index (χ0) is 24.1. The SMILES string of the molecule is O=C(NCCCS(=O)(=O)N1CCN(c2ccccn2)CC1)C1CC(=O)N(c2ccc(F)cc2)C1. The number of sulfonamides is 1. The van der Waals surface area contributed by atoms with E-state index in [-0.39, 0.29) is 43.5 Å². The van der Waals surface area contributed by atoms with Gasteiger partial charge in [-0.15, -0.1) is 0 Å². The minimum atomic E-state index is -3.42. The van der Waals surface area contributed by atoms with E-state index in [1.165, 1.54) is 33.5 Å². The first-order valence-corrected chi connectivity index (χ1v) is 12.9. The number of benzene rings is 1. The Hall–Kier alpha value is -3.05. The summed E-state index contributed by atoms with van der Waals surface area (Å²) < 4.78 is 40.0. The van der Waals surface area contributed by atoms with Crippen LogP contribution < -0.4 is 15.1 Å². The number of carbonyl (C=O) groups is 2. The van der Waals surface area contributed by atoms with Crippen molar-refractivity contribution >= 4 is 33.3 Å². The van der Waals surface area contributed by atoms with Crippen molar-refractivity contribution in [3.63, 3.8) is 0 Å². The summed E-state index contributed by atoms with van der Waals surface area (Å²) in [6.07, 6.45) is 2.08. The van der Waals surface area contributed by atoms with Crippen LogP contribution in [-0.2, 0) is 19.6 Å². The van der Waals surface area contributed by atoms with Crippen LogP contribution in [0.5, 0.6) is 0 Å². The van der Waals surface area contributed by atoms with Crippen LogP contribution in [0.15, 0.2) is 48.7 Å². The zero-order valence-corrected chi connectivity index (χ0v) is 19.6. The van der Waals surface area contributed by atoms with Crippen molar-refractivity contribution in [1.29, 1.82) is 0 Å². The molecule has 2 aromatic rings. The van der Waals surface area contributed by atoms with Gasteiger partial charge in [0.2, 0.25) is 21.8 Å². The fourth-order valence-electron chi connectivity index (χ4n) is 4.23. The first kappa shape index (κ1) is 24.1. The second-order valence-corrected chi connectivity index (χ2v) is 10.5. The predicted molar refractivity (Wildman–Crippen MR) is 126 cm³/mol. The summed E-state index contributed by atoms with van der Waals surface area (Å²) in [7, 11) is -3.42. The maximum Gasteiger partial charge on any atom is 0.227 e. The number of pyridine rings is 1. The number of piperazine rings is 1. The molecule has 0 saturated carbocycles. The number of anilines is 2. The first-order chi connectivity index (χ1) is 16.3. The third-order valence-corrected chi connectivity index (χ3v) is 8.07. The van der Waals surface area contributed by atoms with Crippen LogP contribution in [-0.4, -0.2) is 74.5 Å². The molecule has 2 fully saturated rings. The number of aromatic nitrogens is 1. The van der Waals surface area contributed by atoms with Crippen LogP contribution in [0.1, 0.15) is 12.8 Å². The normalized spacial score (nSPS) is 19.4. The van der Waals surface area contributed by atoms with Crippen molar-refractivity contribution in [2.75, 3.05) is 54.8 Å². The molecule has 182 valence electrons. The number of hydrogen-bond donors (Lipinski definition) is 1. The van der Waals surface area contributed by atoms with Crippen molar-refractivity contribution in [3.8, 4) is 0 Å².